The molecule has 6 heteroatoms. The predicted octanol–water partition coefficient (Wildman–Crippen LogP) is 4.38. The van der Waals surface area contributed by atoms with E-state index in [1.807, 2.05) is 79.9 Å². The molecule has 0 bridgehead atoms. The molecular weight excluding hydrogens is 388 g/mol. The van der Waals surface area contributed by atoms with Crippen molar-refractivity contribution in [3.8, 4) is 11.5 Å². The van der Waals surface area contributed by atoms with Gasteiger partial charge in [-0.1, -0.05) is 48.6 Å². The second-order valence-electron chi connectivity index (χ2n) is 7.37. The Morgan fingerprint density at radius 1 is 1.03 bits per heavy atom. The molecule has 2 aromatic rings. The summed E-state index contributed by atoms with van der Waals surface area (Å²) in [5, 5.41) is 0. The van der Waals surface area contributed by atoms with Crippen molar-refractivity contribution in [3.63, 3.8) is 0 Å². The van der Waals surface area contributed by atoms with E-state index in [4.69, 9.17) is 20.3 Å². The smallest absolute Gasteiger partial charge is 0.265 e. The second-order valence-corrected chi connectivity index (χ2v) is 7.37. The number of nitrogens with two attached hydrogens (primary N) is 1. The van der Waals surface area contributed by atoms with Crippen molar-refractivity contribution in [1.29, 1.82) is 0 Å². The molecule has 0 fully saturated rings. The number of amidine groups is 1. The molecule has 3 aliphatic rings. The first kappa shape index (κ1) is 19.2. The topological polar surface area (TPSA) is 69.2 Å². The van der Waals surface area contributed by atoms with Crippen LogP contribution in [-0.2, 0) is 6.61 Å². The average molecular weight is 411 g/mol. The van der Waals surface area contributed by atoms with Gasteiger partial charge in [-0.15, -0.1) is 4.59 Å². The lowest BCUT2D eigenvalue weighted by Gasteiger charge is -2.26. The zero-order valence-corrected chi connectivity index (χ0v) is 17.2. The van der Waals surface area contributed by atoms with Crippen LogP contribution < -0.4 is 15.3 Å². The number of hydrogen-bond acceptors (Lipinski definition) is 5. The minimum absolute atomic E-state index is 0.0316. The van der Waals surface area contributed by atoms with E-state index in [1.165, 1.54) is 0 Å². The van der Waals surface area contributed by atoms with E-state index in [0.29, 0.717) is 30.5 Å². The highest BCUT2D eigenvalue weighted by atomic mass is 16.5. The Kier molecular flexibility index (Phi) is 4.86. The Balaban J connectivity index is 1.51. The minimum atomic E-state index is -0.0316. The van der Waals surface area contributed by atoms with Crippen molar-refractivity contribution in [2.24, 2.45) is 15.8 Å². The quantitative estimate of drug-likeness (QED) is 0.543. The van der Waals surface area contributed by atoms with E-state index in [9.17, 15) is 0 Å². The van der Waals surface area contributed by atoms with Crippen LogP contribution in [0.2, 0.25) is 0 Å². The number of ether oxygens (including phenoxy) is 2. The molecule has 5 rings (SSSR count). The highest BCUT2D eigenvalue weighted by Crippen LogP contribution is 2.38. The summed E-state index contributed by atoms with van der Waals surface area (Å²) in [5.41, 5.74) is 4.68. The molecule has 2 aliphatic heterocycles. The van der Waals surface area contributed by atoms with Crippen molar-refractivity contribution >= 4 is 12.1 Å². The van der Waals surface area contributed by atoms with Crippen LogP contribution >= 0.6 is 0 Å². The Morgan fingerprint density at radius 2 is 1.87 bits per heavy atom. The highest BCUT2D eigenvalue weighted by molar-refractivity contribution is 6.01. The lowest BCUT2D eigenvalue weighted by Crippen LogP contribution is -2.53. The lowest BCUT2D eigenvalue weighted by atomic mass is 10.0. The molecule has 2 aromatic carbocycles. The Morgan fingerprint density at radius 3 is 2.61 bits per heavy atom. The van der Waals surface area contributed by atoms with Crippen molar-refractivity contribution in [2.45, 2.75) is 13.5 Å². The van der Waals surface area contributed by atoms with Gasteiger partial charge >= 0.3 is 0 Å². The molecule has 1 aliphatic carbocycles. The third-order valence-corrected chi connectivity index (χ3v) is 5.36. The fourth-order valence-electron chi connectivity index (χ4n) is 3.71. The fraction of sp³-hybridized carbons (Fsp3) is 0.120. The van der Waals surface area contributed by atoms with E-state index in [0.717, 1.165) is 28.1 Å². The number of aliphatic imine (C=N–C) groups is 2. The Labute approximate surface area is 181 Å². The van der Waals surface area contributed by atoms with Gasteiger partial charge in [0.05, 0.1) is 24.6 Å². The molecule has 0 radical (unpaired) electrons. The standard InChI is InChI=1S/C25H23N4O2/c1-2-30-22-12-11-20(15-23(22)31-17-18-7-4-3-5-8-18)25-28-24(19-9-6-10-19)21-16-27-13-14-29(21,25)26/h3-16H,2,17,26H2,1H3/q+1. The van der Waals surface area contributed by atoms with Gasteiger partial charge in [-0.3, -0.25) is 4.99 Å². The van der Waals surface area contributed by atoms with E-state index < -0.39 is 0 Å². The van der Waals surface area contributed by atoms with Crippen molar-refractivity contribution in [3.05, 3.63) is 107 Å². The number of rotatable bonds is 7. The monoisotopic (exact) mass is 411 g/mol. The normalized spacial score (nSPS) is 20.8. The van der Waals surface area contributed by atoms with Gasteiger partial charge in [0.1, 0.15) is 18.5 Å². The SMILES string of the molecule is CCOc1ccc(C2=NC(C3=CC=C3)=C3C=NC=C[N+]23N)cc1OCc1ccccc1. The zero-order chi connectivity index (χ0) is 21.3. The Hall–Kier alpha value is -3.74. The van der Waals surface area contributed by atoms with Gasteiger partial charge in [0.2, 0.25) is 5.70 Å². The van der Waals surface area contributed by atoms with E-state index in [2.05, 4.69) is 4.99 Å². The van der Waals surface area contributed by atoms with Crippen LogP contribution in [-0.4, -0.2) is 23.2 Å². The van der Waals surface area contributed by atoms with Gasteiger partial charge < -0.3 is 9.47 Å². The molecule has 6 nitrogen and oxygen atoms in total. The molecule has 31 heavy (non-hydrogen) atoms. The van der Waals surface area contributed by atoms with Crippen LogP contribution in [0.15, 0.2) is 106 Å². The number of nitrogens with zero attached hydrogens (tertiary/aromatic N) is 3. The predicted molar refractivity (Wildman–Crippen MR) is 121 cm³/mol. The third-order valence-electron chi connectivity index (χ3n) is 5.36. The Bertz CT molecular complexity index is 1210. The molecule has 0 aromatic heterocycles. The summed E-state index contributed by atoms with van der Waals surface area (Å²) in [5.74, 6) is 8.87. The first-order valence-corrected chi connectivity index (χ1v) is 10.2. The fourth-order valence-corrected chi connectivity index (χ4v) is 3.71. The van der Waals surface area contributed by atoms with Crippen LogP contribution in [0.1, 0.15) is 18.1 Å². The van der Waals surface area contributed by atoms with Crippen LogP contribution in [0, 0.1) is 0 Å². The third kappa shape index (κ3) is 3.42. The number of benzene rings is 2. The van der Waals surface area contributed by atoms with Crippen molar-refractivity contribution in [1.82, 2.24) is 0 Å². The zero-order valence-electron chi connectivity index (χ0n) is 17.2. The lowest BCUT2D eigenvalue weighted by molar-refractivity contribution is -0.750. The molecule has 0 amide bonds. The maximum Gasteiger partial charge on any atom is 0.265 e. The van der Waals surface area contributed by atoms with E-state index >= 15 is 0 Å². The van der Waals surface area contributed by atoms with Crippen LogP contribution in [0.3, 0.4) is 0 Å². The highest BCUT2D eigenvalue weighted by Gasteiger charge is 2.45. The summed E-state index contributed by atoms with van der Waals surface area (Å²) in [6.45, 7) is 2.95. The molecule has 0 spiro atoms. The van der Waals surface area contributed by atoms with Crippen LogP contribution in [0.4, 0.5) is 0 Å². The molecular formula is C25H23N4O2+. The molecule has 0 saturated carbocycles. The molecule has 2 N–H and O–H groups in total. The first-order chi connectivity index (χ1) is 15.2. The van der Waals surface area contributed by atoms with Gasteiger partial charge in [0.25, 0.3) is 5.84 Å². The summed E-state index contributed by atoms with van der Waals surface area (Å²) in [7, 11) is 0. The number of allylic oxidation sites excluding steroid dienone is 4. The molecule has 1 atom stereocenters. The van der Waals surface area contributed by atoms with Gasteiger partial charge in [-0.25, -0.2) is 0 Å². The summed E-state index contributed by atoms with van der Waals surface area (Å²) < 4.78 is 11.9. The van der Waals surface area contributed by atoms with E-state index in [-0.39, 0.29) is 4.59 Å². The van der Waals surface area contributed by atoms with Crippen molar-refractivity contribution in [2.75, 3.05) is 6.61 Å². The maximum absolute atomic E-state index is 6.81. The van der Waals surface area contributed by atoms with Crippen molar-refractivity contribution < 1.29 is 14.1 Å². The summed E-state index contributed by atoms with van der Waals surface area (Å²) >= 11 is 0. The van der Waals surface area contributed by atoms with Gasteiger partial charge in [0.15, 0.2) is 11.5 Å². The van der Waals surface area contributed by atoms with Gasteiger partial charge in [0, 0.05) is 5.57 Å². The summed E-state index contributed by atoms with van der Waals surface area (Å²) in [6.07, 6.45) is 11.4. The molecule has 2 heterocycles. The first-order valence-electron chi connectivity index (χ1n) is 10.2. The number of hydrogen-bond donors (Lipinski definition) is 1. The average Bonchev–Trinajstić information content (AvgIpc) is 3.05. The molecule has 154 valence electrons. The summed E-state index contributed by atoms with van der Waals surface area (Å²) in [4.78, 5) is 9.19. The molecule has 1 unspecified atom stereocenters. The van der Waals surface area contributed by atoms with Crippen LogP contribution in [0.5, 0.6) is 11.5 Å². The van der Waals surface area contributed by atoms with Crippen LogP contribution in [0.25, 0.3) is 0 Å². The number of fused-ring (bicyclic) bond motifs is 1. The summed E-state index contributed by atoms with van der Waals surface area (Å²) in [6, 6.07) is 15.9. The van der Waals surface area contributed by atoms with E-state index in [1.54, 1.807) is 12.4 Å². The largest absolute Gasteiger partial charge is 0.490 e. The minimum Gasteiger partial charge on any atom is -0.490 e. The van der Waals surface area contributed by atoms with Gasteiger partial charge in [-0.2, -0.15) is 10.8 Å². The molecule has 0 saturated heterocycles. The second kappa shape index (κ2) is 7.83. The van der Waals surface area contributed by atoms with Gasteiger partial charge in [-0.05, 0) is 30.7 Å². The number of quaternary nitrogens is 1. The maximum atomic E-state index is 6.81.